The Morgan fingerprint density at radius 3 is 2.38 bits per heavy atom. The summed E-state index contributed by atoms with van der Waals surface area (Å²) in [6.07, 6.45) is 4.51. The van der Waals surface area contributed by atoms with Gasteiger partial charge in [0.15, 0.2) is 6.29 Å². The maximum absolute atomic E-state index is 5.39. The Labute approximate surface area is 94.5 Å². The Balaban J connectivity index is 0. The van der Waals surface area contributed by atoms with Gasteiger partial charge in [0.25, 0.3) is 0 Å². The number of unbranched alkanes of at least 4 members (excludes halogenated alkanes) is 3. The maximum atomic E-state index is 5.39. The molecule has 0 aromatic rings. The second-order valence-electron chi connectivity index (χ2n) is 2.81. The Morgan fingerprint density at radius 2 is 1.85 bits per heavy atom. The van der Waals surface area contributed by atoms with Gasteiger partial charge in [-0.25, -0.2) is 0 Å². The summed E-state index contributed by atoms with van der Waals surface area (Å²) in [6, 6.07) is 0. The molecule has 74 valence electrons. The van der Waals surface area contributed by atoms with Crippen LogP contribution in [0.5, 0.6) is 0 Å². The summed E-state index contributed by atoms with van der Waals surface area (Å²) >= 11 is 0. The van der Waals surface area contributed by atoms with E-state index in [1.165, 1.54) is 12.8 Å². The second kappa shape index (κ2) is 12.5. The molecule has 0 saturated heterocycles. The standard InChI is InChI=1S/C10H21O2.Li/c1-4-6-7-8-9-12-10(3)11-5-2;/h10H,1,4-9H2,2-3H3;/q-1;+1. The summed E-state index contributed by atoms with van der Waals surface area (Å²) in [7, 11) is 0. The molecule has 0 aliphatic carbocycles. The van der Waals surface area contributed by atoms with Crippen molar-refractivity contribution in [3.8, 4) is 0 Å². The molecule has 0 radical (unpaired) electrons. The quantitative estimate of drug-likeness (QED) is 0.222. The van der Waals surface area contributed by atoms with Gasteiger partial charge in [0.2, 0.25) is 0 Å². The summed E-state index contributed by atoms with van der Waals surface area (Å²) in [5.41, 5.74) is 0. The van der Waals surface area contributed by atoms with Crippen LogP contribution in [0.3, 0.4) is 0 Å². The van der Waals surface area contributed by atoms with Crippen LogP contribution in [0.4, 0.5) is 0 Å². The molecule has 1 unspecified atom stereocenters. The van der Waals surface area contributed by atoms with E-state index in [9.17, 15) is 0 Å². The summed E-state index contributed by atoms with van der Waals surface area (Å²) in [5, 5.41) is 0. The van der Waals surface area contributed by atoms with Crippen LogP contribution in [0, 0.1) is 6.92 Å². The van der Waals surface area contributed by atoms with Gasteiger partial charge in [-0.2, -0.15) is 6.42 Å². The first kappa shape index (κ1) is 16.0. The van der Waals surface area contributed by atoms with Gasteiger partial charge in [-0.1, -0.05) is 12.8 Å². The average Bonchev–Trinajstić information content (AvgIpc) is 2.05. The number of hydrogen-bond acceptors (Lipinski definition) is 2. The Kier molecular flexibility index (Phi) is 15.4. The van der Waals surface area contributed by atoms with Gasteiger partial charge in [0, 0.05) is 13.2 Å². The van der Waals surface area contributed by atoms with E-state index in [0.717, 1.165) is 26.1 Å². The molecule has 0 aromatic carbocycles. The molecule has 0 aromatic heterocycles. The first-order chi connectivity index (χ1) is 5.81. The maximum Gasteiger partial charge on any atom is 1.00 e. The van der Waals surface area contributed by atoms with Crippen molar-refractivity contribution in [2.75, 3.05) is 13.2 Å². The molecule has 1 atom stereocenters. The van der Waals surface area contributed by atoms with E-state index in [1.807, 2.05) is 13.8 Å². The fourth-order valence-corrected chi connectivity index (χ4v) is 0.988. The SMILES string of the molecule is [CH2-]CCCCCOC(C)OCC.[Li+]. The van der Waals surface area contributed by atoms with Gasteiger partial charge in [-0.3, -0.25) is 0 Å². The van der Waals surface area contributed by atoms with Gasteiger partial charge >= 0.3 is 18.9 Å². The zero-order valence-electron chi connectivity index (χ0n) is 9.34. The Morgan fingerprint density at radius 1 is 1.15 bits per heavy atom. The zero-order chi connectivity index (χ0) is 9.23. The van der Waals surface area contributed by atoms with Crippen LogP contribution in [-0.2, 0) is 9.47 Å². The van der Waals surface area contributed by atoms with Crippen molar-refractivity contribution in [3.63, 3.8) is 0 Å². The van der Waals surface area contributed by atoms with Crippen LogP contribution >= 0.6 is 0 Å². The summed E-state index contributed by atoms with van der Waals surface area (Å²) in [4.78, 5) is 0. The molecule has 3 heteroatoms. The van der Waals surface area contributed by atoms with Crippen LogP contribution in [-0.4, -0.2) is 19.5 Å². The molecule has 0 spiro atoms. The van der Waals surface area contributed by atoms with Crippen molar-refractivity contribution >= 4 is 0 Å². The number of ether oxygens (including phenoxy) is 2. The van der Waals surface area contributed by atoms with Gasteiger partial charge in [-0.05, 0) is 20.3 Å². The van der Waals surface area contributed by atoms with E-state index in [0.29, 0.717) is 0 Å². The number of rotatable bonds is 8. The zero-order valence-corrected chi connectivity index (χ0v) is 9.34. The normalized spacial score (nSPS) is 12.2. The number of hydrogen-bond donors (Lipinski definition) is 0. The summed E-state index contributed by atoms with van der Waals surface area (Å²) < 4.78 is 10.6. The molecule has 0 rings (SSSR count). The molecule has 0 saturated carbocycles. The van der Waals surface area contributed by atoms with Crippen LogP contribution in [0.2, 0.25) is 0 Å². The Hall–Kier alpha value is 0.517. The minimum atomic E-state index is -0.0465. The van der Waals surface area contributed by atoms with Gasteiger partial charge in [0.05, 0.1) is 0 Å². The third-order valence-electron chi connectivity index (χ3n) is 1.65. The van der Waals surface area contributed by atoms with Crippen LogP contribution in [0.15, 0.2) is 0 Å². The predicted octanol–water partition coefficient (Wildman–Crippen LogP) is -0.216. The van der Waals surface area contributed by atoms with E-state index < -0.39 is 0 Å². The molecule has 0 amide bonds. The molecule has 0 heterocycles. The monoisotopic (exact) mass is 180 g/mol. The van der Waals surface area contributed by atoms with Crippen LogP contribution in [0.25, 0.3) is 0 Å². The molecule has 0 aliphatic heterocycles. The summed E-state index contributed by atoms with van der Waals surface area (Å²) in [6.45, 7) is 9.22. The third kappa shape index (κ3) is 12.5. The van der Waals surface area contributed by atoms with Gasteiger partial charge < -0.3 is 16.4 Å². The molecule has 0 bridgehead atoms. The van der Waals surface area contributed by atoms with Crippen molar-refractivity contribution in [2.45, 2.75) is 45.8 Å². The van der Waals surface area contributed by atoms with E-state index in [-0.39, 0.29) is 25.2 Å². The Bertz CT molecular complexity index is 89.0. The van der Waals surface area contributed by atoms with E-state index in [4.69, 9.17) is 9.47 Å². The van der Waals surface area contributed by atoms with E-state index in [2.05, 4.69) is 6.92 Å². The molecule has 13 heavy (non-hydrogen) atoms. The molecule has 0 fully saturated rings. The summed E-state index contributed by atoms with van der Waals surface area (Å²) in [5.74, 6) is 0. The molecule has 2 nitrogen and oxygen atoms in total. The van der Waals surface area contributed by atoms with Crippen molar-refractivity contribution < 1.29 is 28.3 Å². The van der Waals surface area contributed by atoms with Gasteiger partial charge in [0.1, 0.15) is 0 Å². The predicted molar refractivity (Wildman–Crippen MR) is 50.9 cm³/mol. The first-order valence-electron chi connectivity index (χ1n) is 4.83. The van der Waals surface area contributed by atoms with Crippen LogP contribution < -0.4 is 18.9 Å². The van der Waals surface area contributed by atoms with E-state index >= 15 is 0 Å². The van der Waals surface area contributed by atoms with Crippen molar-refractivity contribution in [1.29, 1.82) is 0 Å². The van der Waals surface area contributed by atoms with Crippen molar-refractivity contribution in [2.24, 2.45) is 0 Å². The molecule has 0 aliphatic rings. The average molecular weight is 180 g/mol. The first-order valence-corrected chi connectivity index (χ1v) is 4.83. The smallest absolute Gasteiger partial charge is 0.353 e. The van der Waals surface area contributed by atoms with Crippen molar-refractivity contribution in [1.82, 2.24) is 0 Å². The minimum absolute atomic E-state index is 0. The largest absolute Gasteiger partial charge is 1.00 e. The second-order valence-corrected chi connectivity index (χ2v) is 2.81. The molecule has 0 N–H and O–H groups in total. The van der Waals surface area contributed by atoms with Crippen LogP contribution in [0.1, 0.15) is 39.5 Å². The fraction of sp³-hybridized carbons (Fsp3) is 0.900. The van der Waals surface area contributed by atoms with Gasteiger partial charge in [-0.15, -0.1) is 0 Å². The van der Waals surface area contributed by atoms with Crippen molar-refractivity contribution in [3.05, 3.63) is 6.92 Å². The minimum Gasteiger partial charge on any atom is -0.353 e. The molecular formula is C10H21LiO2. The molecular weight excluding hydrogens is 159 g/mol. The topological polar surface area (TPSA) is 18.5 Å². The van der Waals surface area contributed by atoms with E-state index in [1.54, 1.807) is 0 Å². The fourth-order valence-electron chi connectivity index (χ4n) is 0.988. The third-order valence-corrected chi connectivity index (χ3v) is 1.65.